The van der Waals surface area contributed by atoms with Gasteiger partial charge >= 0.3 is 5.92 Å². The molecule has 16 heteroatoms. The van der Waals surface area contributed by atoms with Crippen molar-refractivity contribution < 1.29 is 31.6 Å². The molecule has 2 saturated heterocycles. The summed E-state index contributed by atoms with van der Waals surface area (Å²) in [5.41, 5.74) is 0.0380. The molecule has 2 aromatic heterocycles. The van der Waals surface area contributed by atoms with Crippen molar-refractivity contribution in [3.63, 3.8) is 0 Å². The zero-order valence-electron chi connectivity index (χ0n) is 19.1. The summed E-state index contributed by atoms with van der Waals surface area (Å²) in [4.78, 5) is 28.2. The predicted molar refractivity (Wildman–Crippen MR) is 124 cm³/mol. The van der Waals surface area contributed by atoms with E-state index >= 15 is 8.78 Å². The van der Waals surface area contributed by atoms with E-state index in [2.05, 4.69) is 20.4 Å². The minimum absolute atomic E-state index is 0.0139. The molecule has 1 unspecified atom stereocenters. The van der Waals surface area contributed by atoms with Gasteiger partial charge < -0.3 is 14.2 Å². The average Bonchev–Trinajstić information content (AvgIpc) is 3.38. The molecule has 38 heavy (non-hydrogen) atoms. The number of benzene rings is 1. The number of amides is 2. The summed E-state index contributed by atoms with van der Waals surface area (Å²) in [6, 6.07) is 3.30. The van der Waals surface area contributed by atoms with Crippen molar-refractivity contribution in [2.24, 2.45) is 11.3 Å². The van der Waals surface area contributed by atoms with Crippen LogP contribution in [0.15, 0.2) is 28.1 Å². The van der Waals surface area contributed by atoms with E-state index in [1.165, 1.54) is 21.4 Å². The van der Waals surface area contributed by atoms with E-state index in [4.69, 9.17) is 27.6 Å². The molecule has 2 aliphatic heterocycles. The zero-order valence-corrected chi connectivity index (χ0v) is 21.4. The quantitative estimate of drug-likeness (QED) is 0.412. The number of hydrogen-bond acceptors (Lipinski definition) is 8. The molecule has 4 heterocycles. The Kier molecular flexibility index (Phi) is 5.74. The minimum Gasteiger partial charge on any atom is -0.419 e. The molecule has 0 radical (unpaired) electrons. The third kappa shape index (κ3) is 4.04. The minimum atomic E-state index is -3.70. The second-order valence-electron chi connectivity index (χ2n) is 9.71. The second kappa shape index (κ2) is 8.58. The lowest BCUT2D eigenvalue weighted by Gasteiger charge is -2.50. The van der Waals surface area contributed by atoms with Gasteiger partial charge in [-0.3, -0.25) is 9.59 Å². The van der Waals surface area contributed by atoms with Crippen LogP contribution in [0.5, 0.6) is 0 Å². The number of carbonyl (C=O) groups excluding carboxylic acids is 2. The Morgan fingerprint density at radius 3 is 2.42 bits per heavy atom. The molecule has 3 aliphatic rings. The number of hydrogen-bond donors (Lipinski definition) is 0. The maximum Gasteiger partial charge on any atom is 0.349 e. The Morgan fingerprint density at radius 2 is 1.79 bits per heavy atom. The molecule has 200 valence electrons. The van der Waals surface area contributed by atoms with E-state index in [1.54, 1.807) is 0 Å². The van der Waals surface area contributed by atoms with Gasteiger partial charge in [0.05, 0.1) is 16.0 Å². The van der Waals surface area contributed by atoms with Gasteiger partial charge in [0, 0.05) is 43.6 Å². The highest BCUT2D eigenvalue weighted by molar-refractivity contribution is 7.11. The summed E-state index contributed by atoms with van der Waals surface area (Å²) < 4.78 is 62.8. The van der Waals surface area contributed by atoms with Crippen molar-refractivity contribution in [3.05, 3.63) is 56.1 Å². The fourth-order valence-electron chi connectivity index (χ4n) is 5.07. The molecule has 2 atom stereocenters. The number of carbonyl (C=O) groups is 2. The first-order chi connectivity index (χ1) is 17.9. The molecular weight excluding hydrogens is 575 g/mol. The molecule has 1 aliphatic carbocycles. The van der Waals surface area contributed by atoms with Gasteiger partial charge in [-0.05, 0) is 12.1 Å². The first-order valence-electron chi connectivity index (χ1n) is 11.3. The van der Waals surface area contributed by atoms with Crippen molar-refractivity contribution in [2.75, 3.05) is 26.2 Å². The topological polar surface area (TPSA) is 105 Å². The smallest absolute Gasteiger partial charge is 0.349 e. The van der Waals surface area contributed by atoms with E-state index in [9.17, 15) is 18.4 Å². The van der Waals surface area contributed by atoms with Gasteiger partial charge in [-0.15, -0.1) is 20.4 Å². The van der Waals surface area contributed by atoms with Gasteiger partial charge in [-0.25, -0.2) is 8.78 Å². The van der Waals surface area contributed by atoms with Crippen molar-refractivity contribution >= 4 is 46.4 Å². The first kappa shape index (κ1) is 25.4. The molecule has 9 nitrogen and oxygen atoms in total. The van der Waals surface area contributed by atoms with Crippen LogP contribution in [0, 0.1) is 11.3 Å². The number of alkyl halides is 4. The van der Waals surface area contributed by atoms with Crippen molar-refractivity contribution in [1.82, 2.24) is 30.2 Å². The van der Waals surface area contributed by atoms with E-state index in [1.807, 2.05) is 0 Å². The lowest BCUT2D eigenvalue weighted by Crippen LogP contribution is -2.62. The number of nitrogens with zero attached hydrogens (tertiary/aromatic N) is 6. The first-order valence-corrected chi connectivity index (χ1v) is 12.9. The fourth-order valence-corrected chi connectivity index (χ4v) is 5.89. The largest absolute Gasteiger partial charge is 0.419 e. The van der Waals surface area contributed by atoms with Gasteiger partial charge in [-0.2, -0.15) is 8.78 Å². The van der Waals surface area contributed by atoms with Crippen LogP contribution >= 0.6 is 34.5 Å². The van der Waals surface area contributed by atoms with Crippen LogP contribution in [0.1, 0.15) is 39.5 Å². The SMILES string of the molecule is O=C(c1nncs1)N1CC(c2nnc(C(F)(F)c3ccc(Cl)c(Cl)c3)o2)C2(C1)CN(C(=O)[C@H]1CC1(F)F)C2. The van der Waals surface area contributed by atoms with Crippen molar-refractivity contribution in [2.45, 2.75) is 24.2 Å². The molecule has 2 amide bonds. The van der Waals surface area contributed by atoms with Gasteiger partial charge in [0.15, 0.2) is 0 Å². The van der Waals surface area contributed by atoms with E-state index in [0.717, 1.165) is 23.5 Å². The van der Waals surface area contributed by atoms with Crippen LogP contribution in [-0.4, -0.2) is 74.1 Å². The molecule has 6 rings (SSSR count). The highest BCUT2D eigenvalue weighted by Gasteiger charge is 2.66. The lowest BCUT2D eigenvalue weighted by atomic mass is 9.71. The number of aromatic nitrogens is 4. The fraction of sp³-hybridized carbons (Fsp3) is 0.455. The Bertz CT molecular complexity index is 1430. The molecule has 1 aromatic carbocycles. The third-order valence-electron chi connectivity index (χ3n) is 7.21. The van der Waals surface area contributed by atoms with Crippen LogP contribution in [0.4, 0.5) is 17.6 Å². The lowest BCUT2D eigenvalue weighted by molar-refractivity contribution is -0.147. The Hall–Kier alpha value is -2.84. The van der Waals surface area contributed by atoms with E-state index in [-0.39, 0.29) is 47.1 Å². The van der Waals surface area contributed by atoms with Crippen LogP contribution < -0.4 is 0 Å². The van der Waals surface area contributed by atoms with Gasteiger partial charge in [0.1, 0.15) is 11.4 Å². The highest BCUT2D eigenvalue weighted by atomic mass is 35.5. The molecule has 1 saturated carbocycles. The predicted octanol–water partition coefficient (Wildman–Crippen LogP) is 4.09. The maximum absolute atomic E-state index is 15.2. The number of likely N-dealkylation sites (tertiary alicyclic amines) is 2. The van der Waals surface area contributed by atoms with Gasteiger partial charge in [-0.1, -0.05) is 40.6 Å². The Balaban J connectivity index is 1.28. The summed E-state index contributed by atoms with van der Waals surface area (Å²) in [5.74, 6) is -11.1. The third-order valence-corrected chi connectivity index (χ3v) is 8.63. The maximum atomic E-state index is 15.2. The standard InChI is InChI=1S/C22H16Cl2F4N6O3S/c23-13-2-1-10(3-14(13)24)22(27,28)19-32-30-15(37-19)12-5-33(18(36)16-31-29-9-38-16)6-20(12)7-34(8-20)17(35)11-4-21(11,25)26/h1-3,9,11-12H,4-8H2/t11-,12?/m1/s1. The summed E-state index contributed by atoms with van der Waals surface area (Å²) in [5, 5.41) is 15.0. The monoisotopic (exact) mass is 590 g/mol. The highest BCUT2D eigenvalue weighted by Crippen LogP contribution is 2.54. The molecular formula is C22H16Cl2F4N6O3S. The summed E-state index contributed by atoms with van der Waals surface area (Å²) in [6.45, 7) is 0.190. The van der Waals surface area contributed by atoms with E-state index in [0.29, 0.717) is 0 Å². The van der Waals surface area contributed by atoms with Crippen LogP contribution in [0.2, 0.25) is 10.0 Å². The number of rotatable bonds is 5. The van der Waals surface area contributed by atoms with Crippen LogP contribution in [0.3, 0.4) is 0 Å². The molecule has 1 spiro atoms. The van der Waals surface area contributed by atoms with E-state index < -0.39 is 58.8 Å². The van der Waals surface area contributed by atoms with Gasteiger partial charge in [0.25, 0.3) is 17.7 Å². The average molecular weight is 591 g/mol. The second-order valence-corrected chi connectivity index (χ2v) is 11.4. The summed E-state index contributed by atoms with van der Waals surface area (Å²) in [6.07, 6.45) is -0.503. The zero-order chi connectivity index (χ0) is 27.0. The van der Waals surface area contributed by atoms with Crippen molar-refractivity contribution in [1.29, 1.82) is 0 Å². The van der Waals surface area contributed by atoms with Crippen LogP contribution in [0.25, 0.3) is 0 Å². The Labute approximate surface area is 225 Å². The summed E-state index contributed by atoms with van der Waals surface area (Å²) in [7, 11) is 0. The molecule has 3 aromatic rings. The molecule has 3 fully saturated rings. The number of halogens is 6. The Morgan fingerprint density at radius 1 is 1.08 bits per heavy atom. The van der Waals surface area contributed by atoms with Gasteiger partial charge in [0.2, 0.25) is 16.8 Å². The molecule has 0 bridgehead atoms. The normalized spacial score (nSPS) is 23.5. The van der Waals surface area contributed by atoms with Crippen LogP contribution in [-0.2, 0) is 10.7 Å². The van der Waals surface area contributed by atoms with Crippen molar-refractivity contribution in [3.8, 4) is 0 Å². The molecule has 0 N–H and O–H groups in total. The summed E-state index contributed by atoms with van der Waals surface area (Å²) >= 11 is 12.8.